The van der Waals surface area contributed by atoms with E-state index < -0.39 is 28.6 Å². The van der Waals surface area contributed by atoms with E-state index in [1.165, 1.54) is 36.4 Å². The number of thiophene rings is 1. The summed E-state index contributed by atoms with van der Waals surface area (Å²) in [5.41, 5.74) is 0.891. The largest absolute Gasteiger partial charge is 0.479 e. The van der Waals surface area contributed by atoms with Crippen LogP contribution in [-0.2, 0) is 14.8 Å². The van der Waals surface area contributed by atoms with Crippen molar-refractivity contribution in [3.05, 3.63) is 64.0 Å². The number of nitrogens with zero attached hydrogens (tertiary/aromatic N) is 1. The molecule has 0 aliphatic heterocycles. The molecule has 0 amide bonds. The highest BCUT2D eigenvalue weighted by Crippen LogP contribution is 2.46. The van der Waals surface area contributed by atoms with Gasteiger partial charge in [0.2, 0.25) is 0 Å². The molecule has 0 unspecified atom stereocenters. The summed E-state index contributed by atoms with van der Waals surface area (Å²) >= 11 is 7.03. The van der Waals surface area contributed by atoms with Crippen LogP contribution in [0.25, 0.3) is 10.4 Å². The third kappa shape index (κ3) is 5.00. The Morgan fingerprint density at radius 2 is 1.84 bits per heavy atom. The maximum absolute atomic E-state index is 12.6. The highest BCUT2D eigenvalue weighted by atomic mass is 35.5. The van der Waals surface area contributed by atoms with Crippen LogP contribution in [0.2, 0.25) is 5.02 Å². The van der Waals surface area contributed by atoms with Crippen LogP contribution in [-0.4, -0.2) is 37.2 Å². The van der Waals surface area contributed by atoms with E-state index in [4.69, 9.17) is 26.7 Å². The molecule has 0 fully saturated rings. The number of rotatable bonds is 8. The molecule has 0 spiro atoms. The quantitative estimate of drug-likeness (QED) is 0.427. The molecule has 3 N–H and O–H groups in total. The molecule has 12 heteroatoms. The topological polar surface area (TPSA) is 154 Å². The van der Waals surface area contributed by atoms with Crippen molar-refractivity contribution < 1.29 is 33.0 Å². The van der Waals surface area contributed by atoms with Gasteiger partial charge < -0.3 is 14.9 Å². The predicted molar refractivity (Wildman–Crippen MR) is 117 cm³/mol. The van der Waals surface area contributed by atoms with E-state index in [1.807, 2.05) is 6.07 Å². The van der Waals surface area contributed by atoms with Crippen molar-refractivity contribution in [2.45, 2.75) is 4.90 Å². The van der Waals surface area contributed by atoms with Gasteiger partial charge in [-0.05, 0) is 42.0 Å². The number of benzene rings is 2. The van der Waals surface area contributed by atoms with Crippen molar-refractivity contribution >= 4 is 50.6 Å². The Bertz CT molecular complexity index is 1340. The van der Waals surface area contributed by atoms with Crippen molar-refractivity contribution in [1.82, 2.24) is 0 Å². The van der Waals surface area contributed by atoms with Gasteiger partial charge in [-0.1, -0.05) is 23.7 Å². The first-order valence-electron chi connectivity index (χ1n) is 8.66. The fraction of sp³-hybridized carbons (Fsp3) is 0.0500. The molecule has 3 aromatic rings. The summed E-state index contributed by atoms with van der Waals surface area (Å²) in [6.45, 7) is -0.777. The lowest BCUT2D eigenvalue weighted by Gasteiger charge is -2.09. The van der Waals surface area contributed by atoms with Gasteiger partial charge in [0.25, 0.3) is 10.0 Å². The molecule has 0 bridgehead atoms. The molecule has 0 aliphatic rings. The van der Waals surface area contributed by atoms with Gasteiger partial charge >= 0.3 is 11.9 Å². The zero-order valence-corrected chi connectivity index (χ0v) is 18.3. The van der Waals surface area contributed by atoms with Crippen molar-refractivity contribution in [2.75, 3.05) is 11.3 Å². The third-order valence-corrected chi connectivity index (χ3v) is 7.09. The smallest absolute Gasteiger partial charge is 0.349 e. The number of nitrogens with one attached hydrogen (secondary N) is 1. The van der Waals surface area contributed by atoms with Gasteiger partial charge in [0.1, 0.15) is 5.02 Å². The number of carboxylic acid groups (broad SMARTS) is 2. The number of ether oxygens (including phenoxy) is 1. The Balaban J connectivity index is 1.95. The van der Waals surface area contributed by atoms with Gasteiger partial charge in [0.15, 0.2) is 17.2 Å². The lowest BCUT2D eigenvalue weighted by Crippen LogP contribution is -2.12. The highest BCUT2D eigenvalue weighted by molar-refractivity contribution is 7.92. The SMILES string of the molecule is N#Cc1ccc(S(=O)(=O)Nc2cccc(-c3sc(C(=O)O)c(OCC(=O)O)c3Cl)c2)cc1. The fourth-order valence-corrected chi connectivity index (χ4v) is 5.08. The monoisotopic (exact) mass is 492 g/mol. The molecule has 0 saturated carbocycles. The minimum absolute atomic E-state index is 0.0476. The molecule has 0 atom stereocenters. The zero-order chi connectivity index (χ0) is 23.5. The molecule has 0 saturated heterocycles. The third-order valence-electron chi connectivity index (χ3n) is 4.01. The number of sulfonamides is 1. The van der Waals surface area contributed by atoms with Gasteiger partial charge in [-0.25, -0.2) is 18.0 Å². The first-order valence-corrected chi connectivity index (χ1v) is 11.3. The van der Waals surface area contributed by atoms with Crippen molar-refractivity contribution in [3.8, 4) is 22.3 Å². The molecular formula is C20H13ClN2O7S2. The summed E-state index contributed by atoms with van der Waals surface area (Å²) in [6, 6.07) is 13.3. The van der Waals surface area contributed by atoms with Crippen molar-refractivity contribution in [3.63, 3.8) is 0 Å². The van der Waals surface area contributed by atoms with Crippen LogP contribution in [0, 0.1) is 11.3 Å². The number of carboxylic acids is 2. The average Bonchev–Trinajstić information content (AvgIpc) is 3.08. The predicted octanol–water partition coefficient (Wildman–Crippen LogP) is 3.90. The lowest BCUT2D eigenvalue weighted by atomic mass is 10.1. The van der Waals surface area contributed by atoms with Crippen LogP contribution in [0.4, 0.5) is 5.69 Å². The summed E-state index contributed by atoms with van der Waals surface area (Å²) in [5.74, 6) is -2.92. The Labute approximate surface area is 191 Å². The molecule has 164 valence electrons. The van der Waals surface area contributed by atoms with Gasteiger partial charge in [0, 0.05) is 5.69 Å². The normalized spacial score (nSPS) is 10.9. The van der Waals surface area contributed by atoms with Gasteiger partial charge in [-0.3, -0.25) is 4.72 Å². The Kier molecular flexibility index (Phi) is 6.69. The van der Waals surface area contributed by atoms with Crippen LogP contribution < -0.4 is 9.46 Å². The van der Waals surface area contributed by atoms with E-state index in [9.17, 15) is 23.1 Å². The molecule has 0 radical (unpaired) electrons. The number of halogens is 1. The Hall–Kier alpha value is -3.59. The summed E-state index contributed by atoms with van der Waals surface area (Å²) in [5, 5.41) is 26.9. The second-order valence-corrected chi connectivity index (χ2v) is 9.29. The van der Waals surface area contributed by atoms with Crippen LogP contribution in [0.5, 0.6) is 5.75 Å². The van der Waals surface area contributed by atoms with Gasteiger partial charge in [-0.2, -0.15) is 5.26 Å². The molecule has 1 heterocycles. The number of hydrogen-bond acceptors (Lipinski definition) is 7. The summed E-state index contributed by atoms with van der Waals surface area (Å²) in [4.78, 5) is 22.2. The summed E-state index contributed by atoms with van der Waals surface area (Å²) in [6.07, 6.45) is 0. The molecule has 3 rings (SSSR count). The maximum atomic E-state index is 12.6. The number of hydrogen-bond donors (Lipinski definition) is 3. The first-order chi connectivity index (χ1) is 15.1. The second-order valence-electron chi connectivity index (χ2n) is 6.21. The van der Waals surface area contributed by atoms with Crippen LogP contribution in [0.15, 0.2) is 53.4 Å². The number of aromatic carboxylic acids is 1. The zero-order valence-electron chi connectivity index (χ0n) is 15.9. The van der Waals surface area contributed by atoms with Crippen LogP contribution >= 0.6 is 22.9 Å². The minimum Gasteiger partial charge on any atom is -0.479 e. The van der Waals surface area contributed by atoms with Crippen molar-refractivity contribution in [2.24, 2.45) is 0 Å². The van der Waals surface area contributed by atoms with E-state index in [1.54, 1.807) is 12.1 Å². The van der Waals surface area contributed by atoms with E-state index in [-0.39, 0.29) is 31.1 Å². The molecule has 0 aliphatic carbocycles. The molecular weight excluding hydrogens is 480 g/mol. The Morgan fingerprint density at radius 1 is 1.16 bits per heavy atom. The summed E-state index contributed by atoms with van der Waals surface area (Å²) < 4.78 is 32.7. The molecule has 2 aromatic carbocycles. The van der Waals surface area contributed by atoms with Crippen molar-refractivity contribution in [1.29, 1.82) is 5.26 Å². The van der Waals surface area contributed by atoms with Gasteiger partial charge in [-0.15, -0.1) is 11.3 Å². The minimum atomic E-state index is -3.95. The van der Waals surface area contributed by atoms with Crippen LogP contribution in [0.3, 0.4) is 0 Å². The second kappa shape index (κ2) is 9.27. The first kappa shape index (κ1) is 23.1. The van der Waals surface area contributed by atoms with E-state index in [0.717, 1.165) is 11.3 Å². The Morgan fingerprint density at radius 3 is 2.44 bits per heavy atom. The van der Waals surface area contributed by atoms with Crippen LogP contribution in [0.1, 0.15) is 15.2 Å². The van der Waals surface area contributed by atoms with E-state index in [0.29, 0.717) is 11.1 Å². The molecule has 1 aromatic heterocycles. The number of anilines is 1. The highest BCUT2D eigenvalue weighted by Gasteiger charge is 2.25. The van der Waals surface area contributed by atoms with Gasteiger partial charge in [0.05, 0.1) is 21.4 Å². The number of nitriles is 1. The summed E-state index contributed by atoms with van der Waals surface area (Å²) in [7, 11) is -3.95. The number of aliphatic carboxylic acids is 1. The lowest BCUT2D eigenvalue weighted by molar-refractivity contribution is -0.139. The van der Waals surface area contributed by atoms with E-state index >= 15 is 0 Å². The maximum Gasteiger partial charge on any atom is 0.349 e. The standard InChI is InChI=1S/C20H13ClN2O7S2/c21-16-17(30-10-15(24)25)19(20(26)27)31-18(16)12-2-1-3-13(8-12)23-32(28,29)14-6-4-11(9-22)5-7-14/h1-8,23H,10H2,(H,24,25)(H,26,27). The molecule has 32 heavy (non-hydrogen) atoms. The average molecular weight is 493 g/mol. The fourth-order valence-electron chi connectivity index (χ4n) is 2.63. The molecule has 9 nitrogen and oxygen atoms in total. The van der Waals surface area contributed by atoms with E-state index in [2.05, 4.69) is 4.72 Å². The number of carbonyl (C=O) groups is 2.